The lowest BCUT2D eigenvalue weighted by molar-refractivity contribution is 0.00578. The van der Waals surface area contributed by atoms with Gasteiger partial charge in [0.05, 0.1) is 23.3 Å². The molecule has 1 aliphatic carbocycles. The molecule has 8 heteroatoms. The number of hydrogen-bond acceptors (Lipinski definition) is 4. The largest absolute Gasteiger partial charge is 0.525 e. The van der Waals surface area contributed by atoms with Gasteiger partial charge in [-0.05, 0) is 64.8 Å². The van der Waals surface area contributed by atoms with E-state index in [0.29, 0.717) is 12.8 Å². The Morgan fingerprint density at radius 3 is 2.45 bits per heavy atom. The smallest absolute Gasteiger partial charge is 0.398 e. The van der Waals surface area contributed by atoms with Crippen LogP contribution in [0, 0.1) is 5.82 Å². The van der Waals surface area contributed by atoms with Crippen LogP contribution in [0.1, 0.15) is 69.3 Å². The maximum absolute atomic E-state index is 14.7. The molecule has 5 nitrogen and oxygen atoms in total. The zero-order valence-corrected chi connectivity index (χ0v) is 17.3. The maximum Gasteiger partial charge on any atom is 0.525 e. The fourth-order valence-corrected chi connectivity index (χ4v) is 3.50. The van der Waals surface area contributed by atoms with Crippen LogP contribution in [0.2, 0.25) is 0 Å². The lowest BCUT2D eigenvalue weighted by atomic mass is 9.86. The molecule has 0 bridgehead atoms. The molecular formula is C21H28BF2NO4. The van der Waals surface area contributed by atoms with Crippen molar-refractivity contribution in [2.45, 2.75) is 76.7 Å². The molecule has 29 heavy (non-hydrogen) atoms. The van der Waals surface area contributed by atoms with Gasteiger partial charge in [-0.1, -0.05) is 12.8 Å². The number of carbonyl (C=O) groups is 1. The molecule has 0 radical (unpaired) electrons. The van der Waals surface area contributed by atoms with Crippen molar-refractivity contribution in [3.05, 3.63) is 40.9 Å². The van der Waals surface area contributed by atoms with Gasteiger partial charge in [0, 0.05) is 11.1 Å². The molecule has 1 amide bonds. The lowest BCUT2D eigenvalue weighted by Gasteiger charge is -2.32. The summed E-state index contributed by atoms with van der Waals surface area (Å²) in [5.74, 6) is -1.09. The monoisotopic (exact) mass is 407 g/mol. The van der Waals surface area contributed by atoms with E-state index >= 15 is 0 Å². The molecule has 2 atom stereocenters. The van der Waals surface area contributed by atoms with Gasteiger partial charge in [0.15, 0.2) is 0 Å². The highest BCUT2D eigenvalue weighted by Crippen LogP contribution is 2.39. The van der Waals surface area contributed by atoms with Crippen LogP contribution in [0.25, 0.3) is 6.08 Å². The number of halogens is 2. The van der Waals surface area contributed by atoms with Crippen molar-refractivity contribution >= 4 is 19.1 Å². The first kappa shape index (κ1) is 21.9. The SMILES string of the molecule is CC1(C)OB(/C(F)=C/c2cc(C(=O)N[C@H]3CCCC[C@@H]3O)ccc2F)OC1(C)C. The Balaban J connectivity index is 1.77. The molecule has 0 unspecified atom stereocenters. The molecule has 1 aromatic carbocycles. The van der Waals surface area contributed by atoms with Crippen LogP contribution in [0.4, 0.5) is 8.78 Å². The zero-order valence-electron chi connectivity index (χ0n) is 17.3. The average molecular weight is 407 g/mol. The first-order valence-corrected chi connectivity index (χ1v) is 10.0. The third kappa shape index (κ3) is 4.70. The van der Waals surface area contributed by atoms with Crippen molar-refractivity contribution in [2.24, 2.45) is 0 Å². The molecule has 1 saturated carbocycles. The van der Waals surface area contributed by atoms with Gasteiger partial charge in [0.1, 0.15) is 11.5 Å². The minimum absolute atomic E-state index is 0.0749. The standard InChI is InChI=1S/C21H28BF2NO4/c1-20(2)21(3,4)29-22(28-20)18(24)12-14-11-13(9-10-15(14)23)19(27)25-16-7-5-6-8-17(16)26/h9-12,16-17,26H,5-8H2,1-4H3,(H,25,27)/b18-12-/t16-,17-/m0/s1. The van der Waals surface area contributed by atoms with Gasteiger partial charge in [-0.2, -0.15) is 0 Å². The molecule has 158 valence electrons. The summed E-state index contributed by atoms with van der Waals surface area (Å²) in [5.41, 5.74) is -2.09. The second-order valence-corrected chi connectivity index (χ2v) is 8.79. The number of aliphatic hydroxyl groups excluding tert-OH is 1. The average Bonchev–Trinajstić information content (AvgIpc) is 2.86. The summed E-state index contributed by atoms with van der Waals surface area (Å²) in [7, 11) is -1.24. The molecule has 1 saturated heterocycles. The Morgan fingerprint density at radius 1 is 1.21 bits per heavy atom. The first-order valence-electron chi connectivity index (χ1n) is 10.0. The van der Waals surface area contributed by atoms with Crippen molar-refractivity contribution < 1.29 is 28.0 Å². The number of carbonyl (C=O) groups excluding carboxylic acids is 1. The van der Waals surface area contributed by atoms with Crippen molar-refractivity contribution in [3.8, 4) is 0 Å². The van der Waals surface area contributed by atoms with Crippen molar-refractivity contribution in [2.75, 3.05) is 0 Å². The summed E-state index contributed by atoms with van der Waals surface area (Å²) in [6.45, 7) is 7.19. The van der Waals surface area contributed by atoms with E-state index in [1.807, 2.05) is 0 Å². The molecular weight excluding hydrogens is 379 g/mol. The zero-order chi connectivity index (χ0) is 21.4. The molecule has 1 heterocycles. The molecule has 1 aromatic rings. The summed E-state index contributed by atoms with van der Waals surface area (Å²) in [6, 6.07) is 3.41. The Kier molecular flexibility index (Phi) is 6.17. The molecule has 2 fully saturated rings. The first-order chi connectivity index (χ1) is 13.5. The lowest BCUT2D eigenvalue weighted by Crippen LogP contribution is -2.45. The van der Waals surface area contributed by atoms with E-state index in [1.54, 1.807) is 27.7 Å². The summed E-state index contributed by atoms with van der Waals surface area (Å²) in [5, 5.41) is 12.8. The number of amides is 1. The minimum atomic E-state index is -1.24. The third-order valence-electron chi connectivity index (χ3n) is 6.08. The van der Waals surface area contributed by atoms with E-state index in [1.165, 1.54) is 12.1 Å². The third-order valence-corrected chi connectivity index (χ3v) is 6.08. The van der Waals surface area contributed by atoms with E-state index in [2.05, 4.69) is 5.32 Å². The predicted octanol–water partition coefficient (Wildman–Crippen LogP) is 3.80. The van der Waals surface area contributed by atoms with Crippen molar-refractivity contribution in [1.82, 2.24) is 5.32 Å². The van der Waals surface area contributed by atoms with Crippen molar-refractivity contribution in [3.63, 3.8) is 0 Å². The van der Waals surface area contributed by atoms with Gasteiger partial charge >= 0.3 is 7.12 Å². The number of rotatable bonds is 4. The van der Waals surface area contributed by atoms with Gasteiger partial charge in [0.25, 0.3) is 5.91 Å². The second-order valence-electron chi connectivity index (χ2n) is 8.79. The molecule has 0 aromatic heterocycles. The minimum Gasteiger partial charge on any atom is -0.398 e. The van der Waals surface area contributed by atoms with Crippen LogP contribution in [0.15, 0.2) is 23.9 Å². The van der Waals surface area contributed by atoms with Gasteiger partial charge in [-0.15, -0.1) is 0 Å². The Labute approximate surface area is 170 Å². The molecule has 0 spiro atoms. The van der Waals surface area contributed by atoms with Crippen LogP contribution in [-0.4, -0.2) is 41.5 Å². The molecule has 1 aliphatic heterocycles. The van der Waals surface area contributed by atoms with Crippen LogP contribution in [0.3, 0.4) is 0 Å². The van der Waals surface area contributed by atoms with Gasteiger partial charge in [0.2, 0.25) is 0 Å². The topological polar surface area (TPSA) is 67.8 Å². The normalized spacial score (nSPS) is 26.4. The Hall–Kier alpha value is -1.77. The van der Waals surface area contributed by atoms with E-state index in [-0.39, 0.29) is 17.2 Å². The molecule has 2 aliphatic rings. The van der Waals surface area contributed by atoms with E-state index in [0.717, 1.165) is 25.0 Å². The van der Waals surface area contributed by atoms with Crippen molar-refractivity contribution in [1.29, 1.82) is 0 Å². The summed E-state index contributed by atoms with van der Waals surface area (Å²) >= 11 is 0. The summed E-state index contributed by atoms with van der Waals surface area (Å²) < 4.78 is 40.2. The van der Waals surface area contributed by atoms with E-state index in [9.17, 15) is 18.7 Å². The molecule has 3 rings (SSSR count). The number of benzene rings is 1. The van der Waals surface area contributed by atoms with Crippen LogP contribution in [0.5, 0.6) is 0 Å². The van der Waals surface area contributed by atoms with Gasteiger partial charge < -0.3 is 19.7 Å². The maximum atomic E-state index is 14.7. The van der Waals surface area contributed by atoms with Gasteiger partial charge in [-0.3, -0.25) is 4.79 Å². The Bertz CT molecular complexity index is 796. The highest BCUT2D eigenvalue weighted by atomic mass is 19.1. The fourth-order valence-electron chi connectivity index (χ4n) is 3.50. The number of hydrogen-bond donors (Lipinski definition) is 2. The quantitative estimate of drug-likeness (QED) is 0.746. The van der Waals surface area contributed by atoms with Crippen LogP contribution in [-0.2, 0) is 9.31 Å². The van der Waals surface area contributed by atoms with E-state index in [4.69, 9.17) is 9.31 Å². The summed E-state index contributed by atoms with van der Waals surface area (Å²) in [4.78, 5) is 12.5. The second kappa shape index (κ2) is 8.16. The van der Waals surface area contributed by atoms with Gasteiger partial charge in [-0.25, -0.2) is 8.78 Å². The Morgan fingerprint density at radius 2 is 1.83 bits per heavy atom. The fraction of sp³-hybridized carbons (Fsp3) is 0.571. The number of nitrogens with one attached hydrogen (secondary N) is 1. The highest BCUT2D eigenvalue weighted by molar-refractivity contribution is 6.54. The highest BCUT2D eigenvalue weighted by Gasteiger charge is 2.53. The summed E-state index contributed by atoms with van der Waals surface area (Å²) in [6.07, 6.45) is 3.59. The number of aliphatic hydroxyl groups is 1. The van der Waals surface area contributed by atoms with E-state index < -0.39 is 41.9 Å². The van der Waals surface area contributed by atoms with Crippen LogP contribution >= 0.6 is 0 Å². The molecule has 2 N–H and O–H groups in total. The predicted molar refractivity (Wildman–Crippen MR) is 107 cm³/mol. The van der Waals surface area contributed by atoms with Crippen LogP contribution < -0.4 is 5.32 Å².